The van der Waals surface area contributed by atoms with E-state index in [0.717, 1.165) is 16.5 Å². The van der Waals surface area contributed by atoms with E-state index in [0.29, 0.717) is 35.2 Å². The minimum Gasteiger partial charge on any atom is -0.497 e. The molecule has 1 aliphatic heterocycles. The number of benzene rings is 3. The van der Waals surface area contributed by atoms with Crippen molar-refractivity contribution >= 4 is 51.4 Å². The van der Waals surface area contributed by atoms with Crippen LogP contribution in [0.4, 0.5) is 11.4 Å². The van der Waals surface area contributed by atoms with Crippen LogP contribution in [-0.4, -0.2) is 46.5 Å². The highest BCUT2D eigenvalue weighted by Crippen LogP contribution is 2.28. The van der Waals surface area contributed by atoms with Gasteiger partial charge in [-0.15, -0.1) is 0 Å². The lowest BCUT2D eigenvalue weighted by Crippen LogP contribution is -2.39. The van der Waals surface area contributed by atoms with Gasteiger partial charge in [0.2, 0.25) is 5.91 Å². The third-order valence-corrected chi connectivity index (χ3v) is 6.80. The average molecular weight is 499 g/mol. The third-order valence-electron chi connectivity index (χ3n) is 6.38. The molecule has 36 heavy (non-hydrogen) atoms. The summed E-state index contributed by atoms with van der Waals surface area (Å²) in [5.74, 6) is 0.245. The molecule has 1 aliphatic rings. The van der Waals surface area contributed by atoms with Gasteiger partial charge in [-0.25, -0.2) is 0 Å². The zero-order valence-corrected chi connectivity index (χ0v) is 20.6. The van der Waals surface area contributed by atoms with E-state index in [9.17, 15) is 9.59 Å². The molecule has 1 aromatic heterocycles. The first-order valence-electron chi connectivity index (χ1n) is 11.7. The second-order valence-electron chi connectivity index (χ2n) is 8.59. The summed E-state index contributed by atoms with van der Waals surface area (Å²) in [5, 5.41) is 4.44. The maximum atomic E-state index is 13.6. The molecule has 182 valence electrons. The van der Waals surface area contributed by atoms with Gasteiger partial charge >= 0.3 is 0 Å². The molecule has 1 fully saturated rings. The second kappa shape index (κ2) is 10.2. The van der Waals surface area contributed by atoms with E-state index in [2.05, 4.69) is 16.4 Å². The minimum atomic E-state index is -0.693. The number of ether oxygens (including phenoxy) is 1. The van der Waals surface area contributed by atoms with E-state index in [1.54, 1.807) is 31.4 Å². The molecule has 1 unspecified atom stereocenters. The number of anilines is 2. The van der Waals surface area contributed by atoms with E-state index < -0.39 is 6.04 Å². The molecule has 5 rings (SSSR count). The number of carbonyl (C=O) groups excluding carboxylic acids is 2. The molecule has 0 aliphatic carbocycles. The number of thiocarbonyl (C=S) groups is 1. The Hall–Kier alpha value is -4.17. The quantitative estimate of drug-likeness (QED) is 0.343. The number of nitrogens with one attached hydrogen (secondary N) is 2. The van der Waals surface area contributed by atoms with Crippen molar-refractivity contribution in [2.75, 3.05) is 23.9 Å². The fourth-order valence-corrected chi connectivity index (χ4v) is 4.96. The molecule has 2 heterocycles. The number of nitrogens with zero attached hydrogens (tertiary/aromatic N) is 2. The largest absolute Gasteiger partial charge is 0.497 e. The smallest absolute Gasteiger partial charge is 0.256 e. The number of carbonyl (C=O) groups is 2. The van der Waals surface area contributed by atoms with Crippen LogP contribution in [-0.2, 0) is 16.0 Å². The molecule has 8 heteroatoms. The lowest BCUT2D eigenvalue weighted by atomic mass is 10.1. The summed E-state index contributed by atoms with van der Waals surface area (Å²) in [5.41, 5.74) is 3.54. The maximum Gasteiger partial charge on any atom is 0.256 e. The monoisotopic (exact) mass is 498 g/mol. The fraction of sp³-hybridized carbons (Fsp3) is 0.179. The predicted octanol–water partition coefficient (Wildman–Crippen LogP) is 4.75. The molecular weight excluding hydrogens is 472 g/mol. The molecule has 4 aromatic rings. The number of aromatic amines is 1. The lowest BCUT2D eigenvalue weighted by Gasteiger charge is -2.24. The number of aromatic nitrogens is 1. The Labute approximate surface area is 214 Å². The van der Waals surface area contributed by atoms with Crippen molar-refractivity contribution in [3.8, 4) is 5.75 Å². The predicted molar refractivity (Wildman–Crippen MR) is 145 cm³/mol. The van der Waals surface area contributed by atoms with Gasteiger partial charge in [-0.2, -0.15) is 0 Å². The zero-order valence-electron chi connectivity index (χ0n) is 19.8. The summed E-state index contributed by atoms with van der Waals surface area (Å²) >= 11 is 5.78. The summed E-state index contributed by atoms with van der Waals surface area (Å²) in [4.78, 5) is 33.3. The van der Waals surface area contributed by atoms with Crippen LogP contribution in [0.2, 0.25) is 0 Å². The molecule has 2 amide bonds. The Morgan fingerprint density at radius 1 is 1.03 bits per heavy atom. The first kappa shape index (κ1) is 23.6. The van der Waals surface area contributed by atoms with Gasteiger partial charge in [-0.3, -0.25) is 14.5 Å². The fourth-order valence-electron chi connectivity index (χ4n) is 4.54. The number of rotatable bonds is 8. The van der Waals surface area contributed by atoms with Crippen LogP contribution in [0.3, 0.4) is 0 Å². The number of methoxy groups -OCH3 is 1. The summed E-state index contributed by atoms with van der Waals surface area (Å²) in [7, 11) is 1.59. The number of para-hydroxylation sites is 2. The molecule has 0 saturated carbocycles. The van der Waals surface area contributed by atoms with Crippen molar-refractivity contribution < 1.29 is 14.3 Å². The first-order chi connectivity index (χ1) is 17.5. The third kappa shape index (κ3) is 4.67. The highest BCUT2D eigenvalue weighted by atomic mass is 32.1. The van der Waals surface area contributed by atoms with Gasteiger partial charge in [-0.05, 0) is 66.7 Å². The van der Waals surface area contributed by atoms with Crippen molar-refractivity contribution in [1.29, 1.82) is 0 Å². The Kier molecular flexibility index (Phi) is 6.69. The highest BCUT2D eigenvalue weighted by Gasteiger charge is 2.43. The van der Waals surface area contributed by atoms with E-state index in [1.807, 2.05) is 59.6 Å². The van der Waals surface area contributed by atoms with E-state index in [4.69, 9.17) is 17.0 Å². The first-order valence-corrected chi connectivity index (χ1v) is 12.1. The summed E-state index contributed by atoms with van der Waals surface area (Å²) < 4.78 is 5.17. The van der Waals surface area contributed by atoms with Gasteiger partial charge in [0.25, 0.3) is 5.91 Å². The molecule has 3 aromatic carbocycles. The van der Waals surface area contributed by atoms with Crippen LogP contribution in [0.15, 0.2) is 85.1 Å². The van der Waals surface area contributed by atoms with Gasteiger partial charge in [-0.1, -0.05) is 36.4 Å². The highest BCUT2D eigenvalue weighted by molar-refractivity contribution is 7.80. The van der Waals surface area contributed by atoms with Gasteiger partial charge in [0.1, 0.15) is 11.8 Å². The average Bonchev–Trinajstić information content (AvgIpc) is 3.41. The Morgan fingerprint density at radius 3 is 2.50 bits per heavy atom. The summed E-state index contributed by atoms with van der Waals surface area (Å²) in [6.45, 7) is 0.510. The topological polar surface area (TPSA) is 77.7 Å². The van der Waals surface area contributed by atoms with Gasteiger partial charge in [0.05, 0.1) is 19.2 Å². The molecule has 0 radical (unpaired) electrons. The van der Waals surface area contributed by atoms with E-state index in [-0.39, 0.29) is 18.2 Å². The molecule has 1 atom stereocenters. The van der Waals surface area contributed by atoms with E-state index in [1.165, 1.54) is 4.90 Å². The van der Waals surface area contributed by atoms with E-state index >= 15 is 0 Å². The molecule has 7 nitrogen and oxygen atoms in total. The normalized spacial score (nSPS) is 15.5. The van der Waals surface area contributed by atoms with Crippen LogP contribution >= 0.6 is 12.2 Å². The van der Waals surface area contributed by atoms with Crippen molar-refractivity contribution in [2.45, 2.75) is 18.9 Å². The Balaban J connectivity index is 1.37. The molecular formula is C28H26N4O3S. The van der Waals surface area contributed by atoms with Crippen molar-refractivity contribution in [3.63, 3.8) is 0 Å². The maximum absolute atomic E-state index is 13.6. The number of amides is 2. The second-order valence-corrected chi connectivity index (χ2v) is 8.96. The summed E-state index contributed by atoms with van der Waals surface area (Å²) in [6, 6.07) is 23.8. The molecule has 1 saturated heterocycles. The van der Waals surface area contributed by atoms with Crippen molar-refractivity contribution in [3.05, 3.63) is 90.6 Å². The van der Waals surface area contributed by atoms with Crippen LogP contribution < -0.4 is 15.0 Å². The molecule has 0 bridgehead atoms. The van der Waals surface area contributed by atoms with Gasteiger partial charge in [0, 0.05) is 29.3 Å². The Bertz CT molecular complexity index is 1400. The standard InChI is InChI=1S/C28H26N4O3S/c1-35-22-13-11-20(12-14-22)30-26(33)17-25-27(34)32(21-7-3-2-4-8-21)28(36)31(25)16-15-19-18-29-24-10-6-5-9-23(19)24/h2-14,18,25,29H,15-17H2,1H3,(H,30,33). The van der Waals surface area contributed by atoms with Crippen molar-refractivity contribution in [2.24, 2.45) is 0 Å². The number of H-pyrrole nitrogens is 1. The molecule has 0 spiro atoms. The number of hydrogen-bond acceptors (Lipinski definition) is 4. The zero-order chi connectivity index (χ0) is 25.1. The van der Waals surface area contributed by atoms with Crippen LogP contribution in [0.25, 0.3) is 10.9 Å². The Morgan fingerprint density at radius 2 is 1.75 bits per heavy atom. The van der Waals surface area contributed by atoms with Gasteiger partial charge < -0.3 is 19.9 Å². The van der Waals surface area contributed by atoms with Crippen molar-refractivity contribution in [1.82, 2.24) is 9.88 Å². The number of fused-ring (bicyclic) bond motifs is 1. The van der Waals surface area contributed by atoms with Gasteiger partial charge in [0.15, 0.2) is 5.11 Å². The minimum absolute atomic E-state index is 0.0117. The SMILES string of the molecule is COc1ccc(NC(=O)CC2C(=O)N(c3ccccc3)C(=S)N2CCc2c[nH]c3ccccc23)cc1. The van der Waals surface area contributed by atoms with Crippen LogP contribution in [0.5, 0.6) is 5.75 Å². The van der Waals surface area contributed by atoms with Crippen LogP contribution in [0, 0.1) is 0 Å². The summed E-state index contributed by atoms with van der Waals surface area (Å²) in [6.07, 6.45) is 2.66. The number of hydrogen-bond donors (Lipinski definition) is 2. The lowest BCUT2D eigenvalue weighted by molar-refractivity contribution is -0.124. The molecule has 2 N–H and O–H groups in total. The van der Waals surface area contributed by atoms with Crippen LogP contribution in [0.1, 0.15) is 12.0 Å².